The van der Waals surface area contributed by atoms with Crippen LogP contribution in [0.1, 0.15) is 5.56 Å². The summed E-state index contributed by atoms with van der Waals surface area (Å²) in [7, 11) is 0.989. The average molecular weight is 250 g/mol. The lowest BCUT2D eigenvalue weighted by Crippen LogP contribution is -2.52. The van der Waals surface area contributed by atoms with Crippen molar-refractivity contribution in [1.29, 1.82) is 0 Å². The quantitative estimate of drug-likeness (QED) is 0.833. The molecular formula is C10H10ClF2NO2. The molecule has 0 heterocycles. The van der Waals surface area contributed by atoms with Gasteiger partial charge in [0, 0.05) is 10.6 Å². The van der Waals surface area contributed by atoms with Crippen molar-refractivity contribution in [3.8, 4) is 0 Å². The second-order valence-electron chi connectivity index (χ2n) is 3.14. The molecule has 0 spiro atoms. The van der Waals surface area contributed by atoms with Crippen LogP contribution in [0.3, 0.4) is 0 Å². The fraction of sp³-hybridized carbons (Fsp3) is 0.300. The first-order chi connectivity index (χ1) is 7.44. The highest BCUT2D eigenvalue weighted by Gasteiger charge is 2.47. The van der Waals surface area contributed by atoms with E-state index in [2.05, 4.69) is 4.74 Å². The fourth-order valence-corrected chi connectivity index (χ4v) is 1.57. The number of rotatable bonds is 3. The number of methoxy groups -OCH3 is 1. The molecule has 16 heavy (non-hydrogen) atoms. The second-order valence-corrected chi connectivity index (χ2v) is 3.55. The number of halogens is 3. The number of hydrogen-bond donors (Lipinski definition) is 1. The van der Waals surface area contributed by atoms with Crippen LogP contribution < -0.4 is 5.73 Å². The molecule has 0 radical (unpaired) electrons. The number of benzene rings is 1. The molecule has 1 unspecified atom stereocenters. The smallest absolute Gasteiger partial charge is 0.336 e. The van der Waals surface area contributed by atoms with Gasteiger partial charge in [-0.05, 0) is 6.07 Å². The third kappa shape index (κ3) is 2.01. The molecule has 0 aliphatic heterocycles. The first-order valence-electron chi connectivity index (χ1n) is 4.35. The molecular weight excluding hydrogens is 240 g/mol. The number of esters is 1. The molecule has 0 fully saturated rings. The van der Waals surface area contributed by atoms with E-state index in [-0.39, 0.29) is 10.6 Å². The number of carbonyl (C=O) groups is 1. The Bertz CT molecular complexity index is 400. The standard InChI is InChI=1S/C10H10ClF2NO2/c1-16-9(15)10(14,8(12)13)6-4-2-3-5-7(6)11/h2-5,8H,14H2,1H3. The molecule has 1 rings (SSSR count). The van der Waals surface area contributed by atoms with Gasteiger partial charge in [-0.3, -0.25) is 0 Å². The topological polar surface area (TPSA) is 52.3 Å². The zero-order valence-corrected chi connectivity index (χ0v) is 9.17. The first kappa shape index (κ1) is 12.9. The highest BCUT2D eigenvalue weighted by molar-refractivity contribution is 6.31. The molecule has 0 aromatic heterocycles. The minimum Gasteiger partial charge on any atom is -0.467 e. The summed E-state index contributed by atoms with van der Waals surface area (Å²) in [5.41, 5.74) is 2.72. The minimum atomic E-state index is -3.11. The molecule has 6 heteroatoms. The van der Waals surface area contributed by atoms with Crippen LogP contribution in [-0.2, 0) is 15.1 Å². The summed E-state index contributed by atoms with van der Waals surface area (Å²) in [6.07, 6.45) is -3.11. The molecule has 0 aliphatic rings. The van der Waals surface area contributed by atoms with E-state index in [1.807, 2.05) is 0 Å². The largest absolute Gasteiger partial charge is 0.467 e. The van der Waals surface area contributed by atoms with E-state index in [9.17, 15) is 13.6 Å². The molecule has 88 valence electrons. The van der Waals surface area contributed by atoms with E-state index in [0.29, 0.717) is 0 Å². The van der Waals surface area contributed by atoms with Crippen LogP contribution in [0.5, 0.6) is 0 Å². The van der Waals surface area contributed by atoms with Gasteiger partial charge in [0.05, 0.1) is 7.11 Å². The average Bonchev–Trinajstić information content (AvgIpc) is 2.27. The fourth-order valence-electron chi connectivity index (χ4n) is 1.28. The van der Waals surface area contributed by atoms with Crippen molar-refractivity contribution in [3.05, 3.63) is 34.9 Å². The van der Waals surface area contributed by atoms with Crippen LogP contribution in [-0.4, -0.2) is 19.5 Å². The van der Waals surface area contributed by atoms with Crippen LogP contribution >= 0.6 is 11.6 Å². The minimum absolute atomic E-state index is 0.00398. The Balaban J connectivity index is 3.33. The molecule has 0 saturated heterocycles. The number of alkyl halides is 2. The highest BCUT2D eigenvalue weighted by Crippen LogP contribution is 2.32. The Morgan fingerprint density at radius 2 is 2.06 bits per heavy atom. The summed E-state index contributed by atoms with van der Waals surface area (Å²) in [5, 5.41) is -0.00398. The normalized spacial score (nSPS) is 14.6. The lowest BCUT2D eigenvalue weighted by atomic mass is 9.91. The predicted molar refractivity (Wildman–Crippen MR) is 55.3 cm³/mol. The van der Waals surface area contributed by atoms with E-state index >= 15 is 0 Å². The molecule has 3 nitrogen and oxygen atoms in total. The number of ether oxygens (including phenoxy) is 1. The second kappa shape index (κ2) is 4.76. The number of hydrogen-bond acceptors (Lipinski definition) is 3. The van der Waals surface area contributed by atoms with Gasteiger partial charge >= 0.3 is 5.97 Å². The molecule has 1 aromatic carbocycles. The summed E-state index contributed by atoms with van der Waals surface area (Å²) in [4.78, 5) is 11.3. The Morgan fingerprint density at radius 3 is 2.50 bits per heavy atom. The third-order valence-corrected chi connectivity index (χ3v) is 2.52. The van der Waals surface area contributed by atoms with Gasteiger partial charge in [0.1, 0.15) is 0 Å². The maximum Gasteiger partial charge on any atom is 0.336 e. The monoisotopic (exact) mass is 249 g/mol. The lowest BCUT2D eigenvalue weighted by molar-refractivity contribution is -0.154. The van der Waals surface area contributed by atoms with Crippen LogP contribution in [0.2, 0.25) is 5.02 Å². The van der Waals surface area contributed by atoms with Gasteiger partial charge in [0.15, 0.2) is 0 Å². The van der Waals surface area contributed by atoms with Crippen molar-refractivity contribution in [3.63, 3.8) is 0 Å². The highest BCUT2D eigenvalue weighted by atomic mass is 35.5. The molecule has 1 atom stereocenters. The van der Waals surface area contributed by atoms with Gasteiger partial charge in [-0.15, -0.1) is 0 Å². The third-order valence-electron chi connectivity index (χ3n) is 2.19. The van der Waals surface area contributed by atoms with E-state index in [1.165, 1.54) is 18.2 Å². The molecule has 1 aromatic rings. The van der Waals surface area contributed by atoms with Crippen molar-refractivity contribution in [2.75, 3.05) is 7.11 Å². The molecule has 0 amide bonds. The summed E-state index contributed by atoms with van der Waals surface area (Å²) in [6.45, 7) is 0. The lowest BCUT2D eigenvalue weighted by Gasteiger charge is -2.26. The summed E-state index contributed by atoms with van der Waals surface area (Å²) >= 11 is 5.73. The van der Waals surface area contributed by atoms with Gasteiger partial charge in [-0.1, -0.05) is 29.8 Å². The Labute approximate surface area is 96.1 Å². The number of carbonyl (C=O) groups excluding carboxylic acids is 1. The molecule has 2 N–H and O–H groups in total. The summed E-state index contributed by atoms with van der Waals surface area (Å²) < 4.78 is 30.1. The zero-order chi connectivity index (χ0) is 12.3. The van der Waals surface area contributed by atoms with Crippen molar-refractivity contribution in [1.82, 2.24) is 0 Å². The van der Waals surface area contributed by atoms with Crippen molar-refractivity contribution < 1.29 is 18.3 Å². The van der Waals surface area contributed by atoms with Crippen molar-refractivity contribution in [2.45, 2.75) is 12.0 Å². The van der Waals surface area contributed by atoms with E-state index < -0.39 is 17.9 Å². The number of nitrogens with two attached hydrogens (primary N) is 1. The SMILES string of the molecule is COC(=O)C(N)(c1ccccc1Cl)C(F)F. The Morgan fingerprint density at radius 1 is 1.50 bits per heavy atom. The molecule has 0 aliphatic carbocycles. The van der Waals surface area contributed by atoms with E-state index in [4.69, 9.17) is 17.3 Å². The van der Waals surface area contributed by atoms with Gasteiger partial charge < -0.3 is 10.5 Å². The summed E-state index contributed by atoms with van der Waals surface area (Å²) in [6, 6.07) is 5.67. The predicted octanol–water partition coefficient (Wildman–Crippen LogP) is 1.93. The van der Waals surface area contributed by atoms with Crippen LogP contribution in [0.25, 0.3) is 0 Å². The van der Waals surface area contributed by atoms with Gasteiger partial charge in [0.25, 0.3) is 6.43 Å². The van der Waals surface area contributed by atoms with Crippen LogP contribution in [0.4, 0.5) is 8.78 Å². The molecule has 0 saturated carbocycles. The van der Waals surface area contributed by atoms with Crippen LogP contribution in [0, 0.1) is 0 Å². The van der Waals surface area contributed by atoms with Crippen molar-refractivity contribution in [2.24, 2.45) is 5.73 Å². The molecule has 0 bridgehead atoms. The van der Waals surface area contributed by atoms with Crippen molar-refractivity contribution >= 4 is 17.6 Å². The zero-order valence-electron chi connectivity index (χ0n) is 8.41. The first-order valence-corrected chi connectivity index (χ1v) is 4.72. The van der Waals surface area contributed by atoms with E-state index in [1.54, 1.807) is 6.07 Å². The van der Waals surface area contributed by atoms with Gasteiger partial charge in [-0.2, -0.15) is 0 Å². The van der Waals surface area contributed by atoms with Gasteiger partial charge in [0.2, 0.25) is 5.54 Å². The maximum absolute atomic E-state index is 12.9. The van der Waals surface area contributed by atoms with Gasteiger partial charge in [-0.25, -0.2) is 13.6 Å². The van der Waals surface area contributed by atoms with Crippen LogP contribution in [0.15, 0.2) is 24.3 Å². The van der Waals surface area contributed by atoms with E-state index in [0.717, 1.165) is 7.11 Å². The summed E-state index contributed by atoms with van der Waals surface area (Å²) in [5.74, 6) is -1.23. The maximum atomic E-state index is 12.9. The Kier molecular flexibility index (Phi) is 3.83. The Hall–Kier alpha value is -1.20.